The topological polar surface area (TPSA) is 57.5 Å². The Labute approximate surface area is 58.8 Å². The lowest BCUT2D eigenvalue weighted by atomic mass is 15.8. The summed E-state index contributed by atoms with van der Waals surface area (Å²) >= 11 is 0. The van der Waals surface area contributed by atoms with E-state index in [2.05, 4.69) is 0 Å². The predicted octanol–water partition coefficient (Wildman–Crippen LogP) is -2.11. The second-order valence-electron chi connectivity index (χ2n) is 0.283. The fourth-order valence-electron chi connectivity index (χ4n) is 0. The van der Waals surface area contributed by atoms with Crippen LogP contribution in [0.5, 0.6) is 0 Å². The van der Waals surface area contributed by atoms with Crippen molar-refractivity contribution in [1.29, 1.82) is 0 Å². The molecule has 6 heavy (non-hydrogen) atoms. The number of halogens is 1. The van der Waals surface area contributed by atoms with Gasteiger partial charge in [0.15, 0.2) is 0 Å². The van der Waals surface area contributed by atoms with E-state index in [-0.39, 0.29) is 35.5 Å². The molecule has 0 amide bonds. The van der Waals surface area contributed by atoms with Crippen LogP contribution in [0.1, 0.15) is 0 Å². The molecule has 0 saturated carbocycles. The standard InChI is InChI=1S/ClH.Mg.H2O3Si.2H/c;;1-4(2)3;;/h1H;;1-2H;;. The van der Waals surface area contributed by atoms with Gasteiger partial charge in [0.1, 0.15) is 0 Å². The summed E-state index contributed by atoms with van der Waals surface area (Å²) < 4.78 is 8.74. The molecule has 36 valence electrons. The van der Waals surface area contributed by atoms with Crippen molar-refractivity contribution in [2.75, 3.05) is 0 Å². The SMILES string of the molecule is Cl.O=[Si](O)O.[MgH2]. The molecule has 0 unspecified atom stereocenters. The number of rotatable bonds is 0. The van der Waals surface area contributed by atoms with E-state index in [0.29, 0.717) is 0 Å². The molecule has 0 aromatic heterocycles. The van der Waals surface area contributed by atoms with Crippen molar-refractivity contribution in [1.82, 2.24) is 0 Å². The van der Waals surface area contributed by atoms with Crippen LogP contribution in [0.3, 0.4) is 0 Å². The fraction of sp³-hybridized carbons (Fsp3) is 0. The molecule has 0 aliphatic rings. The van der Waals surface area contributed by atoms with Crippen molar-refractivity contribution in [3.8, 4) is 0 Å². The Morgan fingerprint density at radius 1 is 1.33 bits per heavy atom. The van der Waals surface area contributed by atoms with Gasteiger partial charge < -0.3 is 9.59 Å². The summed E-state index contributed by atoms with van der Waals surface area (Å²) in [5, 5.41) is 0. The monoisotopic (exact) mass is 140 g/mol. The van der Waals surface area contributed by atoms with Crippen LogP contribution < -0.4 is 0 Å². The molecule has 3 nitrogen and oxygen atoms in total. The van der Waals surface area contributed by atoms with Crippen molar-refractivity contribution in [2.45, 2.75) is 0 Å². The minimum atomic E-state index is -3.13. The maximum atomic E-state index is 8.74. The van der Waals surface area contributed by atoms with Gasteiger partial charge >= 0.3 is 32.2 Å². The molecule has 0 bridgehead atoms. The molecule has 0 radical (unpaired) electrons. The minimum absolute atomic E-state index is 0. The van der Waals surface area contributed by atoms with Crippen molar-refractivity contribution in [3.05, 3.63) is 0 Å². The highest BCUT2D eigenvalue weighted by molar-refractivity contribution is 6.22. The molecule has 0 rings (SSSR count). The first-order valence-corrected chi connectivity index (χ1v) is 1.95. The van der Waals surface area contributed by atoms with Gasteiger partial charge in [-0.05, 0) is 0 Å². The van der Waals surface area contributed by atoms with E-state index in [0.717, 1.165) is 0 Å². The predicted molar refractivity (Wildman–Crippen MR) is 26.7 cm³/mol. The smallest absolute Gasteiger partial charge is 0.511 e. The summed E-state index contributed by atoms with van der Waals surface area (Å²) in [5.41, 5.74) is 0. The summed E-state index contributed by atoms with van der Waals surface area (Å²) in [6.45, 7) is 0. The van der Waals surface area contributed by atoms with Crippen molar-refractivity contribution in [3.63, 3.8) is 0 Å². The normalized spacial score (nSPS) is 4.00. The summed E-state index contributed by atoms with van der Waals surface area (Å²) in [4.78, 5) is 14.3. The minimum Gasteiger partial charge on any atom is -0.511 e. The molecule has 0 aromatic rings. The van der Waals surface area contributed by atoms with Crippen LogP contribution in [-0.2, 0) is 4.46 Å². The van der Waals surface area contributed by atoms with Crippen LogP contribution in [0.2, 0.25) is 0 Å². The van der Waals surface area contributed by atoms with Crippen LogP contribution >= 0.6 is 12.4 Å². The second kappa shape index (κ2) is 9.18. The molecule has 2 N–H and O–H groups in total. The highest BCUT2D eigenvalue weighted by atomic mass is 35.5. The maximum absolute atomic E-state index is 8.74. The van der Waals surface area contributed by atoms with Gasteiger partial charge in [-0.15, -0.1) is 12.4 Å². The van der Waals surface area contributed by atoms with Crippen LogP contribution in [0.25, 0.3) is 0 Å². The lowest BCUT2D eigenvalue weighted by Crippen LogP contribution is -1.90. The molecule has 0 aliphatic heterocycles. The average molecular weight is 141 g/mol. The van der Waals surface area contributed by atoms with Gasteiger partial charge in [-0.2, -0.15) is 0 Å². The van der Waals surface area contributed by atoms with Gasteiger partial charge in [0.25, 0.3) is 0 Å². The Kier molecular flexibility index (Phi) is 24.4. The lowest BCUT2D eigenvalue weighted by molar-refractivity contribution is 0.330. The van der Waals surface area contributed by atoms with Gasteiger partial charge in [0.2, 0.25) is 0 Å². The second-order valence-corrected chi connectivity index (χ2v) is 0.848. The average Bonchev–Trinajstić information content (AvgIpc) is 0.811. The molecule has 0 spiro atoms. The van der Waals surface area contributed by atoms with Crippen molar-refractivity contribution in [2.24, 2.45) is 0 Å². The summed E-state index contributed by atoms with van der Waals surface area (Å²) in [6.07, 6.45) is 0. The maximum Gasteiger partial charge on any atom is 0.761 e. The quantitative estimate of drug-likeness (QED) is 0.379. The fourth-order valence-corrected chi connectivity index (χ4v) is 0. The zero-order valence-electron chi connectivity index (χ0n) is 2.21. The zero-order valence-corrected chi connectivity index (χ0v) is 4.03. The molecule has 0 atom stereocenters. The summed E-state index contributed by atoms with van der Waals surface area (Å²) in [6, 6.07) is 0. The third-order valence-electron chi connectivity index (χ3n) is 0. The van der Waals surface area contributed by atoms with Crippen LogP contribution in [-0.4, -0.2) is 41.8 Å². The van der Waals surface area contributed by atoms with E-state index in [1.54, 1.807) is 0 Å². The van der Waals surface area contributed by atoms with Gasteiger partial charge in [-0.1, -0.05) is 0 Å². The molecule has 0 aliphatic carbocycles. The lowest BCUT2D eigenvalue weighted by Gasteiger charge is -1.55. The van der Waals surface area contributed by atoms with Gasteiger partial charge in [-0.25, -0.2) is 0 Å². The zero-order chi connectivity index (χ0) is 3.58. The first kappa shape index (κ1) is 15.9. The van der Waals surface area contributed by atoms with E-state index in [4.69, 9.17) is 14.1 Å². The van der Waals surface area contributed by atoms with E-state index in [1.807, 2.05) is 0 Å². The van der Waals surface area contributed by atoms with Crippen LogP contribution in [0.4, 0.5) is 0 Å². The van der Waals surface area contributed by atoms with Crippen molar-refractivity contribution >= 4 is 44.6 Å². The van der Waals surface area contributed by atoms with Gasteiger partial charge in [0, 0.05) is 0 Å². The number of hydrogen-bond donors (Lipinski definition) is 2. The molecule has 0 saturated heterocycles. The van der Waals surface area contributed by atoms with E-state index < -0.39 is 9.17 Å². The van der Waals surface area contributed by atoms with E-state index in [1.165, 1.54) is 0 Å². The van der Waals surface area contributed by atoms with E-state index >= 15 is 0 Å². The van der Waals surface area contributed by atoms with Crippen LogP contribution in [0.15, 0.2) is 0 Å². The first-order valence-electron chi connectivity index (χ1n) is 0.651. The highest BCUT2D eigenvalue weighted by Crippen LogP contribution is 1.27. The summed E-state index contributed by atoms with van der Waals surface area (Å²) in [5.74, 6) is 0. The molecular weight excluding hydrogens is 136 g/mol. The van der Waals surface area contributed by atoms with Gasteiger partial charge in [-0.3, -0.25) is 4.46 Å². The third-order valence-corrected chi connectivity index (χ3v) is 0. The third kappa shape index (κ3) is 139. The Morgan fingerprint density at radius 2 is 1.33 bits per heavy atom. The molecule has 0 fully saturated rings. The first-order chi connectivity index (χ1) is 1.73. The molecule has 0 aromatic carbocycles. The van der Waals surface area contributed by atoms with E-state index in [9.17, 15) is 0 Å². The Bertz CT molecular complexity index is 33.8. The summed E-state index contributed by atoms with van der Waals surface area (Å²) in [7, 11) is -3.13. The van der Waals surface area contributed by atoms with Crippen molar-refractivity contribution < 1.29 is 14.1 Å². The number of hydrogen-bond acceptors (Lipinski definition) is 1. The molecule has 6 heteroatoms. The van der Waals surface area contributed by atoms with Gasteiger partial charge in [0.05, 0.1) is 0 Å². The van der Waals surface area contributed by atoms with Crippen LogP contribution in [0, 0.1) is 0 Å². The Balaban J connectivity index is -0.0000000450. The molecule has 0 heterocycles. The highest BCUT2D eigenvalue weighted by Gasteiger charge is 1.85. The Morgan fingerprint density at radius 3 is 1.33 bits per heavy atom. The Hall–Kier alpha value is 0.673. The molecular formula is H5ClMgO3Si. The largest absolute Gasteiger partial charge is 0.761 e.